The highest BCUT2D eigenvalue weighted by molar-refractivity contribution is 7.13. The second-order valence-corrected chi connectivity index (χ2v) is 6.94. The molecule has 3 aromatic rings. The minimum atomic E-state index is -0.283. The van der Waals surface area contributed by atoms with Crippen LogP contribution in [0.2, 0.25) is 5.02 Å². The zero-order valence-corrected chi connectivity index (χ0v) is 14.5. The number of hydrogen-bond donors (Lipinski definition) is 1. The van der Waals surface area contributed by atoms with Crippen LogP contribution >= 0.6 is 22.9 Å². The van der Waals surface area contributed by atoms with E-state index in [9.17, 15) is 9.18 Å². The standard InChI is InChI=1S/C19H12ClFN2OS/c20-14-7-8-25-19(14)17-10-18(24)23-16-9-12(3-6-15(16)22-17)11-1-4-13(21)5-2-11/h1-9H,10H2,(H,23,24). The summed E-state index contributed by atoms with van der Waals surface area (Å²) in [5.74, 6) is -0.424. The molecule has 1 aliphatic rings. The summed E-state index contributed by atoms with van der Waals surface area (Å²) in [4.78, 5) is 17.7. The van der Waals surface area contributed by atoms with Crippen LogP contribution in [0.4, 0.5) is 15.8 Å². The Balaban J connectivity index is 1.78. The number of aliphatic imine (C=N–C) groups is 1. The smallest absolute Gasteiger partial charge is 0.230 e. The summed E-state index contributed by atoms with van der Waals surface area (Å²) < 4.78 is 13.1. The Hall–Kier alpha value is -2.50. The summed E-state index contributed by atoms with van der Waals surface area (Å²) in [6, 6.07) is 13.6. The second-order valence-electron chi connectivity index (χ2n) is 5.62. The number of carbonyl (C=O) groups is 1. The van der Waals surface area contributed by atoms with Gasteiger partial charge in [-0.25, -0.2) is 9.38 Å². The molecule has 1 amide bonds. The predicted molar refractivity (Wildman–Crippen MR) is 101 cm³/mol. The molecule has 0 spiro atoms. The quantitative estimate of drug-likeness (QED) is 0.620. The van der Waals surface area contributed by atoms with E-state index >= 15 is 0 Å². The first-order chi connectivity index (χ1) is 12.1. The van der Waals surface area contributed by atoms with Crippen LogP contribution in [0.1, 0.15) is 11.3 Å². The lowest BCUT2D eigenvalue weighted by molar-refractivity contribution is -0.115. The van der Waals surface area contributed by atoms with Crippen LogP contribution < -0.4 is 5.32 Å². The van der Waals surface area contributed by atoms with E-state index in [0.29, 0.717) is 22.1 Å². The van der Waals surface area contributed by atoms with E-state index in [1.54, 1.807) is 18.2 Å². The summed E-state index contributed by atoms with van der Waals surface area (Å²) in [5.41, 5.74) is 3.72. The molecule has 1 N–H and O–H groups in total. The molecule has 6 heteroatoms. The van der Waals surface area contributed by atoms with Gasteiger partial charge < -0.3 is 5.32 Å². The molecule has 2 heterocycles. The molecule has 3 nitrogen and oxygen atoms in total. The average Bonchev–Trinajstić information content (AvgIpc) is 2.94. The minimum absolute atomic E-state index is 0.141. The summed E-state index contributed by atoms with van der Waals surface area (Å²) in [5, 5.41) is 5.37. The highest BCUT2D eigenvalue weighted by atomic mass is 35.5. The van der Waals surface area contributed by atoms with E-state index in [4.69, 9.17) is 11.6 Å². The van der Waals surface area contributed by atoms with Gasteiger partial charge in [-0.05, 0) is 46.8 Å². The first-order valence-electron chi connectivity index (χ1n) is 7.61. The number of rotatable bonds is 2. The molecule has 4 rings (SSSR count). The topological polar surface area (TPSA) is 41.5 Å². The number of anilines is 1. The van der Waals surface area contributed by atoms with E-state index in [1.165, 1.54) is 23.5 Å². The first-order valence-corrected chi connectivity index (χ1v) is 8.87. The van der Waals surface area contributed by atoms with Crippen molar-refractivity contribution in [1.82, 2.24) is 0 Å². The van der Waals surface area contributed by atoms with Gasteiger partial charge in [-0.2, -0.15) is 0 Å². The van der Waals surface area contributed by atoms with E-state index < -0.39 is 0 Å². The molecule has 0 fully saturated rings. The molecule has 0 radical (unpaired) electrons. The first kappa shape index (κ1) is 16.0. The Morgan fingerprint density at radius 2 is 1.84 bits per heavy atom. The number of fused-ring (bicyclic) bond motifs is 1. The van der Waals surface area contributed by atoms with Gasteiger partial charge >= 0.3 is 0 Å². The Morgan fingerprint density at radius 1 is 1.08 bits per heavy atom. The molecule has 1 aromatic heterocycles. The van der Waals surface area contributed by atoms with Crippen LogP contribution in [0.3, 0.4) is 0 Å². The largest absolute Gasteiger partial charge is 0.324 e. The fourth-order valence-electron chi connectivity index (χ4n) is 2.72. The van der Waals surface area contributed by atoms with Gasteiger partial charge in [0.05, 0.1) is 33.4 Å². The third kappa shape index (κ3) is 3.21. The number of thiophene rings is 1. The lowest BCUT2D eigenvalue weighted by Gasteiger charge is -2.08. The van der Waals surface area contributed by atoms with Crippen LogP contribution in [0.15, 0.2) is 58.9 Å². The van der Waals surface area contributed by atoms with E-state index in [1.807, 2.05) is 23.6 Å². The van der Waals surface area contributed by atoms with Crippen molar-refractivity contribution in [3.8, 4) is 11.1 Å². The second kappa shape index (κ2) is 6.43. The number of nitrogens with one attached hydrogen (secondary N) is 1. The highest BCUT2D eigenvalue weighted by Crippen LogP contribution is 2.35. The third-order valence-corrected chi connectivity index (χ3v) is 5.30. The predicted octanol–water partition coefficient (Wildman–Crippen LogP) is 5.67. The molecule has 2 aromatic carbocycles. The minimum Gasteiger partial charge on any atom is -0.324 e. The van der Waals surface area contributed by atoms with Crippen LogP contribution in [-0.2, 0) is 4.79 Å². The number of amides is 1. The maximum atomic E-state index is 13.1. The van der Waals surface area contributed by atoms with Gasteiger partial charge in [0.2, 0.25) is 5.91 Å². The number of carbonyl (C=O) groups excluding carboxylic acids is 1. The van der Waals surface area contributed by atoms with Crippen LogP contribution in [0.25, 0.3) is 11.1 Å². The lowest BCUT2D eigenvalue weighted by Crippen LogP contribution is -2.14. The third-order valence-electron chi connectivity index (χ3n) is 3.91. The average molecular weight is 371 g/mol. The molecule has 0 aliphatic carbocycles. The van der Waals surface area contributed by atoms with Crippen molar-refractivity contribution in [3.63, 3.8) is 0 Å². The molecule has 124 valence electrons. The monoisotopic (exact) mass is 370 g/mol. The lowest BCUT2D eigenvalue weighted by atomic mass is 10.0. The maximum absolute atomic E-state index is 13.1. The van der Waals surface area contributed by atoms with Crippen LogP contribution in [0.5, 0.6) is 0 Å². The molecule has 0 bridgehead atoms. The van der Waals surface area contributed by atoms with Gasteiger partial charge in [0.25, 0.3) is 0 Å². The highest BCUT2D eigenvalue weighted by Gasteiger charge is 2.20. The molecular weight excluding hydrogens is 359 g/mol. The van der Waals surface area contributed by atoms with Gasteiger partial charge in [-0.3, -0.25) is 4.79 Å². The zero-order chi connectivity index (χ0) is 17.4. The van der Waals surface area contributed by atoms with Crippen molar-refractivity contribution < 1.29 is 9.18 Å². The Labute approximate surface area is 152 Å². The Morgan fingerprint density at radius 3 is 2.56 bits per heavy atom. The van der Waals surface area contributed by atoms with Gasteiger partial charge in [0.15, 0.2) is 0 Å². The maximum Gasteiger partial charge on any atom is 0.230 e. The Kier molecular flexibility index (Phi) is 4.11. The van der Waals surface area contributed by atoms with Crippen molar-refractivity contribution in [2.45, 2.75) is 6.42 Å². The van der Waals surface area contributed by atoms with Gasteiger partial charge in [0.1, 0.15) is 5.82 Å². The van der Waals surface area contributed by atoms with Crippen molar-refractivity contribution in [1.29, 1.82) is 0 Å². The van der Waals surface area contributed by atoms with Gasteiger partial charge in [-0.15, -0.1) is 11.3 Å². The molecule has 0 saturated heterocycles. The van der Waals surface area contributed by atoms with Crippen molar-refractivity contribution in [3.05, 3.63) is 69.6 Å². The van der Waals surface area contributed by atoms with Crippen LogP contribution in [-0.4, -0.2) is 11.6 Å². The summed E-state index contributed by atoms with van der Waals surface area (Å²) in [6.07, 6.45) is 0.167. The van der Waals surface area contributed by atoms with Crippen molar-refractivity contribution in [2.24, 2.45) is 4.99 Å². The molecule has 0 atom stereocenters. The van der Waals surface area contributed by atoms with Crippen molar-refractivity contribution >= 4 is 45.9 Å². The molecule has 0 unspecified atom stereocenters. The summed E-state index contributed by atoms with van der Waals surface area (Å²) in [7, 11) is 0. The molecule has 0 saturated carbocycles. The fourth-order valence-corrected chi connectivity index (χ4v) is 3.87. The zero-order valence-electron chi connectivity index (χ0n) is 12.9. The normalized spacial score (nSPS) is 13.7. The number of benzene rings is 2. The molecule has 25 heavy (non-hydrogen) atoms. The van der Waals surface area contributed by atoms with Crippen LogP contribution in [0, 0.1) is 5.82 Å². The Bertz CT molecular complexity index is 995. The number of halogens is 2. The SMILES string of the molecule is O=C1CC(c2sccc2Cl)=Nc2ccc(-c3ccc(F)cc3)cc2N1. The van der Waals surface area contributed by atoms with E-state index in [-0.39, 0.29) is 18.1 Å². The van der Waals surface area contributed by atoms with Gasteiger partial charge in [0, 0.05) is 0 Å². The van der Waals surface area contributed by atoms with E-state index in [0.717, 1.165) is 16.0 Å². The number of hydrogen-bond acceptors (Lipinski definition) is 3. The van der Waals surface area contributed by atoms with E-state index in [2.05, 4.69) is 10.3 Å². The molecule has 1 aliphatic heterocycles. The fraction of sp³-hybridized carbons (Fsp3) is 0.0526. The van der Waals surface area contributed by atoms with Crippen molar-refractivity contribution in [2.75, 3.05) is 5.32 Å². The summed E-state index contributed by atoms with van der Waals surface area (Å²) >= 11 is 7.65. The number of nitrogens with zero attached hydrogens (tertiary/aromatic N) is 1. The van der Waals surface area contributed by atoms with Gasteiger partial charge in [-0.1, -0.05) is 29.8 Å². The summed E-state index contributed by atoms with van der Waals surface area (Å²) in [6.45, 7) is 0. The molecular formula is C19H12ClFN2OS.